The van der Waals surface area contributed by atoms with Gasteiger partial charge in [0.1, 0.15) is 5.00 Å². The van der Waals surface area contributed by atoms with Gasteiger partial charge in [0, 0.05) is 17.0 Å². The largest absolute Gasteiger partial charge is 0.618 e. The molecule has 154 valence electrons. The minimum atomic E-state index is -0.902. The number of amides is 1. The number of pyridine rings is 1. The monoisotopic (exact) mass is 418 g/mol. The zero-order valence-electron chi connectivity index (χ0n) is 16.2. The number of anilines is 1. The Morgan fingerprint density at radius 2 is 2.07 bits per heavy atom. The second-order valence-corrected chi connectivity index (χ2v) is 7.92. The molecule has 1 atom stereocenters. The Kier molecular flexibility index (Phi) is 6.48. The van der Waals surface area contributed by atoms with Crippen LogP contribution in [0.2, 0.25) is 0 Å². The van der Waals surface area contributed by atoms with Crippen molar-refractivity contribution in [3.05, 3.63) is 51.3 Å². The van der Waals surface area contributed by atoms with Gasteiger partial charge >= 0.3 is 17.6 Å². The fourth-order valence-electron chi connectivity index (χ4n) is 3.21. The van der Waals surface area contributed by atoms with E-state index < -0.39 is 24.5 Å². The van der Waals surface area contributed by atoms with Gasteiger partial charge in [0.2, 0.25) is 0 Å². The highest BCUT2D eigenvalue weighted by Gasteiger charge is 2.29. The third kappa shape index (κ3) is 4.73. The van der Waals surface area contributed by atoms with Gasteiger partial charge in [-0.1, -0.05) is 6.92 Å². The number of hydrogen-bond donors (Lipinski definition) is 1. The predicted molar refractivity (Wildman–Crippen MR) is 106 cm³/mol. The van der Waals surface area contributed by atoms with Gasteiger partial charge in [0.05, 0.1) is 12.2 Å². The van der Waals surface area contributed by atoms with Crippen LogP contribution in [-0.4, -0.2) is 31.1 Å². The number of rotatable bonds is 6. The van der Waals surface area contributed by atoms with Gasteiger partial charge in [-0.2, -0.15) is 4.73 Å². The van der Waals surface area contributed by atoms with Crippen LogP contribution < -0.4 is 10.0 Å². The SMILES string of the molecule is CCOC(=O)c1c(NC(=O)COC(=O)c2cccc[n+]2[O-])sc2c1CC[C@H](C)C2. The maximum Gasteiger partial charge on any atom is 0.405 e. The van der Waals surface area contributed by atoms with Crippen LogP contribution in [0.15, 0.2) is 24.4 Å². The van der Waals surface area contributed by atoms with E-state index in [9.17, 15) is 19.6 Å². The average Bonchev–Trinajstić information content (AvgIpc) is 3.03. The maximum atomic E-state index is 12.5. The van der Waals surface area contributed by atoms with Crippen LogP contribution >= 0.6 is 11.3 Å². The summed E-state index contributed by atoms with van der Waals surface area (Å²) in [6.45, 7) is 3.53. The molecule has 0 spiro atoms. The van der Waals surface area contributed by atoms with Crippen LogP contribution in [0.4, 0.5) is 5.00 Å². The number of aromatic nitrogens is 1. The van der Waals surface area contributed by atoms with E-state index in [0.717, 1.165) is 29.7 Å². The molecule has 0 aromatic carbocycles. The van der Waals surface area contributed by atoms with E-state index in [0.29, 0.717) is 21.2 Å². The maximum absolute atomic E-state index is 12.5. The van der Waals surface area contributed by atoms with E-state index in [4.69, 9.17) is 9.47 Å². The smallest absolute Gasteiger partial charge is 0.405 e. The topological polar surface area (TPSA) is 109 Å². The first-order valence-electron chi connectivity index (χ1n) is 9.37. The van der Waals surface area contributed by atoms with Crippen molar-refractivity contribution in [3.63, 3.8) is 0 Å². The van der Waals surface area contributed by atoms with Crippen LogP contribution in [0.5, 0.6) is 0 Å². The standard InChI is InChI=1S/C20H22N2O6S/c1-3-27-20(25)17-13-8-7-12(2)10-15(13)29-18(17)21-16(23)11-28-19(24)14-6-4-5-9-22(14)26/h4-6,9,12H,3,7-8,10-11H2,1-2H3,(H,21,23)/t12-/m0/s1. The summed E-state index contributed by atoms with van der Waals surface area (Å²) in [5, 5.41) is 14.6. The summed E-state index contributed by atoms with van der Waals surface area (Å²) in [7, 11) is 0. The molecule has 0 bridgehead atoms. The Hall–Kier alpha value is -2.94. The van der Waals surface area contributed by atoms with Crippen molar-refractivity contribution < 1.29 is 28.6 Å². The summed E-state index contributed by atoms with van der Waals surface area (Å²) in [5.74, 6) is -1.46. The summed E-state index contributed by atoms with van der Waals surface area (Å²) < 4.78 is 10.5. The quantitative estimate of drug-likeness (QED) is 0.439. The van der Waals surface area contributed by atoms with Crippen molar-refractivity contribution >= 4 is 34.2 Å². The second-order valence-electron chi connectivity index (χ2n) is 6.81. The summed E-state index contributed by atoms with van der Waals surface area (Å²) >= 11 is 1.35. The van der Waals surface area contributed by atoms with Crippen LogP contribution in [-0.2, 0) is 27.1 Å². The molecule has 0 unspecified atom stereocenters. The number of hydrogen-bond acceptors (Lipinski definition) is 7. The van der Waals surface area contributed by atoms with Gasteiger partial charge in [-0.3, -0.25) is 4.79 Å². The van der Waals surface area contributed by atoms with Crippen LogP contribution in [0.3, 0.4) is 0 Å². The molecule has 0 fully saturated rings. The highest BCUT2D eigenvalue weighted by Crippen LogP contribution is 2.40. The molecule has 1 aliphatic rings. The first-order chi connectivity index (χ1) is 13.9. The Bertz CT molecular complexity index is 939. The zero-order chi connectivity index (χ0) is 21.0. The van der Waals surface area contributed by atoms with Gasteiger partial charge in [0.15, 0.2) is 12.8 Å². The van der Waals surface area contributed by atoms with Crippen molar-refractivity contribution in [3.8, 4) is 0 Å². The molecule has 3 rings (SSSR count). The molecule has 2 aromatic rings. The van der Waals surface area contributed by atoms with E-state index in [2.05, 4.69) is 12.2 Å². The molecule has 9 heteroatoms. The second kappa shape index (κ2) is 9.04. The lowest BCUT2D eigenvalue weighted by atomic mass is 9.88. The first-order valence-corrected chi connectivity index (χ1v) is 10.2. The summed E-state index contributed by atoms with van der Waals surface area (Å²) in [5.41, 5.74) is 1.10. The molecule has 2 aromatic heterocycles. The molecule has 1 amide bonds. The Labute approximate surface area is 172 Å². The molecule has 2 heterocycles. The Morgan fingerprint density at radius 1 is 1.28 bits per heavy atom. The van der Waals surface area contributed by atoms with Gasteiger partial charge in [-0.05, 0) is 43.7 Å². The van der Waals surface area contributed by atoms with Crippen LogP contribution in [0.1, 0.15) is 51.6 Å². The normalized spacial score (nSPS) is 15.3. The summed E-state index contributed by atoms with van der Waals surface area (Å²) in [6, 6.07) is 4.31. The fourth-order valence-corrected chi connectivity index (χ4v) is 4.63. The van der Waals surface area contributed by atoms with Crippen LogP contribution in [0.25, 0.3) is 0 Å². The number of ether oxygens (including phenoxy) is 2. The Morgan fingerprint density at radius 3 is 2.79 bits per heavy atom. The fraction of sp³-hybridized carbons (Fsp3) is 0.400. The molecular weight excluding hydrogens is 396 g/mol. The highest BCUT2D eigenvalue weighted by atomic mass is 32.1. The third-order valence-electron chi connectivity index (χ3n) is 4.61. The van der Waals surface area contributed by atoms with Crippen LogP contribution in [0, 0.1) is 11.1 Å². The molecule has 0 saturated heterocycles. The van der Waals surface area contributed by atoms with Gasteiger partial charge in [0.25, 0.3) is 5.91 Å². The highest BCUT2D eigenvalue weighted by molar-refractivity contribution is 7.17. The number of esters is 2. The molecule has 1 N–H and O–H groups in total. The first kappa shape index (κ1) is 20.8. The lowest BCUT2D eigenvalue weighted by Crippen LogP contribution is -2.35. The third-order valence-corrected chi connectivity index (χ3v) is 5.78. The van der Waals surface area contributed by atoms with E-state index in [1.165, 1.54) is 35.7 Å². The predicted octanol–water partition coefficient (Wildman–Crippen LogP) is 2.48. The van der Waals surface area contributed by atoms with E-state index in [1.54, 1.807) is 6.92 Å². The lowest BCUT2D eigenvalue weighted by Gasteiger charge is -2.18. The van der Waals surface area contributed by atoms with Crippen molar-refractivity contribution in [1.82, 2.24) is 0 Å². The molecule has 1 aliphatic carbocycles. The van der Waals surface area contributed by atoms with E-state index >= 15 is 0 Å². The zero-order valence-corrected chi connectivity index (χ0v) is 17.0. The van der Waals surface area contributed by atoms with Gasteiger partial charge in [-0.15, -0.1) is 11.3 Å². The minimum Gasteiger partial charge on any atom is -0.618 e. The molecule has 8 nitrogen and oxygen atoms in total. The average molecular weight is 418 g/mol. The minimum absolute atomic E-state index is 0.215. The van der Waals surface area contributed by atoms with Crippen molar-refractivity contribution in [2.45, 2.75) is 33.1 Å². The number of nitrogens with one attached hydrogen (secondary N) is 1. The van der Waals surface area contributed by atoms with E-state index in [1.807, 2.05) is 0 Å². The number of fused-ring (bicyclic) bond motifs is 1. The van der Waals surface area contributed by atoms with Gasteiger partial charge in [-0.25, -0.2) is 9.59 Å². The molecular formula is C20H22N2O6S. The molecule has 0 radical (unpaired) electrons. The van der Waals surface area contributed by atoms with Crippen molar-refractivity contribution in [2.75, 3.05) is 18.5 Å². The number of nitrogens with zero attached hydrogens (tertiary/aromatic N) is 1. The summed E-state index contributed by atoms with van der Waals surface area (Å²) in [6.07, 6.45) is 3.73. The Balaban J connectivity index is 1.72. The number of carbonyl (C=O) groups is 3. The summed E-state index contributed by atoms with van der Waals surface area (Å²) in [4.78, 5) is 37.8. The number of carbonyl (C=O) groups excluding carboxylic acids is 3. The molecule has 29 heavy (non-hydrogen) atoms. The molecule has 0 saturated carbocycles. The lowest BCUT2D eigenvalue weighted by molar-refractivity contribution is -0.608. The van der Waals surface area contributed by atoms with E-state index in [-0.39, 0.29) is 12.3 Å². The van der Waals surface area contributed by atoms with Crippen molar-refractivity contribution in [2.24, 2.45) is 5.92 Å². The van der Waals surface area contributed by atoms with Crippen molar-refractivity contribution in [1.29, 1.82) is 0 Å². The van der Waals surface area contributed by atoms with Gasteiger partial charge < -0.3 is 20.0 Å². The molecule has 0 aliphatic heterocycles. The number of thiophene rings is 1.